The minimum absolute atomic E-state index is 0.0158. The van der Waals surface area contributed by atoms with E-state index in [1.807, 2.05) is 19.1 Å². The first-order valence-electron chi connectivity index (χ1n) is 10.1. The van der Waals surface area contributed by atoms with Crippen LogP contribution >= 0.6 is 11.3 Å². The number of carbonyl (C=O) groups is 1. The highest BCUT2D eigenvalue weighted by atomic mass is 32.1. The molecule has 2 aromatic heterocycles. The Labute approximate surface area is 180 Å². The van der Waals surface area contributed by atoms with E-state index in [0.717, 1.165) is 43.4 Å². The SMILES string of the molecule is CNC(=O)C1C=CC(N2CCN(Cc3csc(Nc4ncccn4)c3)CC2)=C(C)N1. The molecular formula is C21H27N7OS. The molecule has 158 valence electrons. The normalized spacial score (nSPS) is 19.5. The van der Waals surface area contributed by atoms with Crippen LogP contribution in [0.5, 0.6) is 0 Å². The zero-order chi connectivity index (χ0) is 20.9. The minimum atomic E-state index is -0.289. The van der Waals surface area contributed by atoms with Crippen LogP contribution in [-0.4, -0.2) is 64.9 Å². The Bertz CT molecular complexity index is 932. The summed E-state index contributed by atoms with van der Waals surface area (Å²) in [4.78, 5) is 25.1. The molecular weight excluding hydrogens is 398 g/mol. The number of rotatable bonds is 6. The highest BCUT2D eigenvalue weighted by Gasteiger charge is 2.24. The molecule has 0 aliphatic carbocycles. The van der Waals surface area contributed by atoms with Crippen molar-refractivity contribution in [1.82, 2.24) is 30.4 Å². The Balaban J connectivity index is 1.28. The van der Waals surface area contributed by atoms with Gasteiger partial charge in [-0.2, -0.15) is 0 Å². The van der Waals surface area contributed by atoms with Crippen molar-refractivity contribution in [2.75, 3.05) is 38.5 Å². The van der Waals surface area contributed by atoms with Crippen LogP contribution in [0.25, 0.3) is 0 Å². The number of anilines is 2. The predicted octanol–water partition coefficient (Wildman–Crippen LogP) is 1.90. The number of nitrogens with one attached hydrogen (secondary N) is 3. The predicted molar refractivity (Wildman–Crippen MR) is 119 cm³/mol. The van der Waals surface area contributed by atoms with Gasteiger partial charge < -0.3 is 20.9 Å². The zero-order valence-corrected chi connectivity index (χ0v) is 18.1. The fourth-order valence-electron chi connectivity index (χ4n) is 3.72. The summed E-state index contributed by atoms with van der Waals surface area (Å²) in [6, 6.07) is 3.69. The first-order valence-corrected chi connectivity index (χ1v) is 11.0. The lowest BCUT2D eigenvalue weighted by molar-refractivity contribution is -0.121. The molecule has 2 aliphatic heterocycles. The minimum Gasteiger partial charge on any atom is -0.372 e. The Hall–Kier alpha value is -2.91. The van der Waals surface area contributed by atoms with Gasteiger partial charge in [-0.25, -0.2) is 9.97 Å². The summed E-state index contributed by atoms with van der Waals surface area (Å²) in [5.74, 6) is 0.605. The van der Waals surface area contributed by atoms with Crippen LogP contribution < -0.4 is 16.0 Å². The van der Waals surface area contributed by atoms with Gasteiger partial charge in [0, 0.05) is 57.9 Å². The summed E-state index contributed by atoms with van der Waals surface area (Å²) in [7, 11) is 1.66. The molecule has 0 aromatic carbocycles. The van der Waals surface area contributed by atoms with E-state index in [2.05, 4.69) is 53.2 Å². The lowest BCUT2D eigenvalue weighted by atomic mass is 10.1. The van der Waals surface area contributed by atoms with Gasteiger partial charge in [0.1, 0.15) is 6.04 Å². The molecule has 0 saturated carbocycles. The first kappa shape index (κ1) is 20.4. The lowest BCUT2D eigenvalue weighted by Gasteiger charge is -2.38. The van der Waals surface area contributed by atoms with Gasteiger partial charge in [0.15, 0.2) is 0 Å². The molecule has 2 aliphatic rings. The Morgan fingerprint density at radius 1 is 1.27 bits per heavy atom. The molecule has 3 N–H and O–H groups in total. The molecule has 1 unspecified atom stereocenters. The zero-order valence-electron chi connectivity index (χ0n) is 17.3. The molecule has 2 aromatic rings. The maximum absolute atomic E-state index is 11.8. The van der Waals surface area contributed by atoms with Crippen molar-refractivity contribution >= 4 is 28.2 Å². The quantitative estimate of drug-likeness (QED) is 0.652. The van der Waals surface area contributed by atoms with E-state index >= 15 is 0 Å². The molecule has 1 fully saturated rings. The summed E-state index contributed by atoms with van der Waals surface area (Å²) in [6.07, 6.45) is 7.47. The average Bonchev–Trinajstić information content (AvgIpc) is 3.21. The number of dihydropyridines is 1. The molecule has 1 amide bonds. The van der Waals surface area contributed by atoms with Gasteiger partial charge >= 0.3 is 0 Å². The first-order chi connectivity index (χ1) is 14.6. The van der Waals surface area contributed by atoms with Gasteiger partial charge in [0.2, 0.25) is 11.9 Å². The number of thiophene rings is 1. The van der Waals surface area contributed by atoms with Gasteiger partial charge in [-0.05, 0) is 36.1 Å². The van der Waals surface area contributed by atoms with Crippen molar-refractivity contribution < 1.29 is 4.79 Å². The molecule has 1 saturated heterocycles. The van der Waals surface area contributed by atoms with Gasteiger partial charge in [-0.1, -0.05) is 6.08 Å². The molecule has 8 nitrogen and oxygen atoms in total. The fraction of sp³-hybridized carbons (Fsp3) is 0.381. The van der Waals surface area contributed by atoms with Crippen LogP contribution in [0.3, 0.4) is 0 Å². The van der Waals surface area contributed by atoms with Crippen molar-refractivity contribution in [3.05, 3.63) is 59.0 Å². The standard InChI is InChI=1S/C21H27N7OS/c1-15-18(5-4-17(25-15)20(29)22-2)28-10-8-27(9-11-28)13-16-12-19(30-14-16)26-21-23-6-3-7-24-21/h3-7,12,14,17,25H,8-11,13H2,1-2H3,(H,22,29)(H,23,24,26). The third-order valence-corrected chi connectivity index (χ3v) is 6.20. The summed E-state index contributed by atoms with van der Waals surface area (Å²) in [6.45, 7) is 6.92. The summed E-state index contributed by atoms with van der Waals surface area (Å²) in [5, 5.41) is 12.5. The summed E-state index contributed by atoms with van der Waals surface area (Å²) < 4.78 is 0. The molecule has 9 heteroatoms. The van der Waals surface area contributed by atoms with Crippen LogP contribution in [0.4, 0.5) is 10.9 Å². The van der Waals surface area contributed by atoms with Crippen molar-refractivity contribution in [3.63, 3.8) is 0 Å². The van der Waals surface area contributed by atoms with E-state index in [1.165, 1.54) is 11.3 Å². The fourth-order valence-corrected chi connectivity index (χ4v) is 4.51. The van der Waals surface area contributed by atoms with Gasteiger partial charge in [-0.3, -0.25) is 9.69 Å². The van der Waals surface area contributed by atoms with Gasteiger partial charge in [0.05, 0.1) is 10.7 Å². The maximum Gasteiger partial charge on any atom is 0.246 e. The molecule has 4 heterocycles. The number of amides is 1. The van der Waals surface area contributed by atoms with E-state index in [4.69, 9.17) is 0 Å². The summed E-state index contributed by atoms with van der Waals surface area (Å²) in [5.41, 5.74) is 3.53. The van der Waals surface area contributed by atoms with Crippen molar-refractivity contribution in [2.24, 2.45) is 0 Å². The van der Waals surface area contributed by atoms with Crippen LogP contribution in [-0.2, 0) is 11.3 Å². The number of allylic oxidation sites excluding steroid dienone is 2. The Morgan fingerprint density at radius 3 is 2.73 bits per heavy atom. The van der Waals surface area contributed by atoms with Crippen LogP contribution in [0, 0.1) is 0 Å². The van der Waals surface area contributed by atoms with Crippen LogP contribution in [0.15, 0.2) is 53.5 Å². The topological polar surface area (TPSA) is 85.4 Å². The van der Waals surface area contributed by atoms with Crippen LogP contribution in [0.2, 0.25) is 0 Å². The Morgan fingerprint density at radius 2 is 2.03 bits per heavy atom. The third kappa shape index (κ3) is 4.80. The number of nitrogens with zero attached hydrogens (tertiary/aromatic N) is 4. The number of likely N-dealkylation sites (N-methyl/N-ethyl adjacent to an activating group) is 1. The summed E-state index contributed by atoms with van der Waals surface area (Å²) >= 11 is 1.68. The molecule has 30 heavy (non-hydrogen) atoms. The van der Waals surface area contributed by atoms with E-state index in [9.17, 15) is 4.79 Å². The molecule has 1 atom stereocenters. The second kappa shape index (κ2) is 9.27. The number of hydrogen-bond acceptors (Lipinski definition) is 8. The van der Waals surface area contributed by atoms with Gasteiger partial charge in [-0.15, -0.1) is 11.3 Å². The maximum atomic E-state index is 11.8. The highest BCUT2D eigenvalue weighted by Crippen LogP contribution is 2.25. The van der Waals surface area contributed by atoms with E-state index < -0.39 is 0 Å². The van der Waals surface area contributed by atoms with E-state index in [1.54, 1.807) is 30.8 Å². The van der Waals surface area contributed by atoms with Crippen LogP contribution in [0.1, 0.15) is 12.5 Å². The highest BCUT2D eigenvalue weighted by molar-refractivity contribution is 7.14. The molecule has 0 bridgehead atoms. The average molecular weight is 426 g/mol. The smallest absolute Gasteiger partial charge is 0.246 e. The molecule has 4 rings (SSSR count). The molecule has 0 spiro atoms. The lowest BCUT2D eigenvalue weighted by Crippen LogP contribution is -2.48. The number of piperazine rings is 1. The number of carbonyl (C=O) groups excluding carboxylic acids is 1. The van der Waals surface area contributed by atoms with E-state index in [-0.39, 0.29) is 11.9 Å². The van der Waals surface area contributed by atoms with Gasteiger partial charge in [0.25, 0.3) is 0 Å². The largest absolute Gasteiger partial charge is 0.372 e. The number of hydrogen-bond donors (Lipinski definition) is 3. The second-order valence-electron chi connectivity index (χ2n) is 7.39. The van der Waals surface area contributed by atoms with Crippen molar-refractivity contribution in [2.45, 2.75) is 19.5 Å². The van der Waals surface area contributed by atoms with E-state index in [0.29, 0.717) is 5.95 Å². The number of aromatic nitrogens is 2. The Kier molecular flexibility index (Phi) is 6.29. The molecule has 0 radical (unpaired) electrons. The van der Waals surface area contributed by atoms with Crippen molar-refractivity contribution in [1.29, 1.82) is 0 Å². The third-order valence-electron chi connectivity index (χ3n) is 5.31. The van der Waals surface area contributed by atoms with Crippen molar-refractivity contribution in [3.8, 4) is 0 Å². The monoisotopic (exact) mass is 425 g/mol. The second-order valence-corrected chi connectivity index (χ2v) is 8.30.